The van der Waals surface area contributed by atoms with E-state index in [9.17, 15) is 4.79 Å². The fourth-order valence-electron chi connectivity index (χ4n) is 2.43. The number of aryl methyl sites for hydroxylation is 1. The van der Waals surface area contributed by atoms with Crippen LogP contribution in [-0.2, 0) is 0 Å². The Bertz CT molecular complexity index is 585. The van der Waals surface area contributed by atoms with Crippen molar-refractivity contribution < 1.29 is 4.79 Å². The quantitative estimate of drug-likeness (QED) is 0.823. The topological polar surface area (TPSA) is 51.0 Å². The van der Waals surface area contributed by atoms with Crippen LogP contribution in [0.3, 0.4) is 0 Å². The predicted octanol–water partition coefficient (Wildman–Crippen LogP) is 1.81. The van der Waals surface area contributed by atoms with Gasteiger partial charge in [-0.1, -0.05) is 11.6 Å². The Morgan fingerprint density at radius 2 is 1.84 bits per heavy atom. The van der Waals surface area contributed by atoms with Crippen LogP contribution in [0.15, 0.2) is 30.6 Å². The molecule has 1 saturated heterocycles. The Labute approximate surface area is 111 Å². The van der Waals surface area contributed by atoms with E-state index in [1.165, 1.54) is 4.80 Å². The molecule has 0 atom stereocenters. The molecule has 1 amide bonds. The van der Waals surface area contributed by atoms with Crippen molar-refractivity contribution in [2.75, 3.05) is 13.1 Å². The molecule has 1 aromatic heterocycles. The minimum atomic E-state index is 0.0773. The van der Waals surface area contributed by atoms with E-state index < -0.39 is 0 Å². The van der Waals surface area contributed by atoms with Gasteiger partial charge in [-0.25, -0.2) is 0 Å². The summed E-state index contributed by atoms with van der Waals surface area (Å²) in [6, 6.07) is 5.79. The molecule has 0 spiro atoms. The smallest absolute Gasteiger partial charge is 0.256 e. The Hall–Kier alpha value is -2.17. The van der Waals surface area contributed by atoms with E-state index in [1.54, 1.807) is 12.4 Å². The lowest BCUT2D eigenvalue weighted by Crippen LogP contribution is -2.28. The van der Waals surface area contributed by atoms with Crippen molar-refractivity contribution >= 4 is 5.91 Å². The van der Waals surface area contributed by atoms with Gasteiger partial charge in [0.1, 0.15) is 0 Å². The van der Waals surface area contributed by atoms with Crippen molar-refractivity contribution in [3.8, 4) is 5.69 Å². The van der Waals surface area contributed by atoms with Gasteiger partial charge >= 0.3 is 0 Å². The molecule has 19 heavy (non-hydrogen) atoms. The first-order chi connectivity index (χ1) is 9.25. The van der Waals surface area contributed by atoms with Crippen LogP contribution in [0.2, 0.25) is 0 Å². The molecule has 1 aliphatic heterocycles. The summed E-state index contributed by atoms with van der Waals surface area (Å²) in [5, 5.41) is 8.24. The lowest BCUT2D eigenvalue weighted by Gasteiger charge is -2.17. The zero-order chi connectivity index (χ0) is 13.2. The van der Waals surface area contributed by atoms with Crippen LogP contribution >= 0.6 is 0 Å². The third kappa shape index (κ3) is 2.23. The maximum Gasteiger partial charge on any atom is 0.256 e. The summed E-state index contributed by atoms with van der Waals surface area (Å²) >= 11 is 0. The molecule has 3 rings (SSSR count). The summed E-state index contributed by atoms with van der Waals surface area (Å²) in [6.45, 7) is 3.68. The Balaban J connectivity index is 2.03. The molecule has 1 aromatic carbocycles. The molecule has 0 unspecified atom stereocenters. The van der Waals surface area contributed by atoms with E-state index in [1.807, 2.05) is 30.0 Å². The van der Waals surface area contributed by atoms with E-state index in [0.29, 0.717) is 5.56 Å². The van der Waals surface area contributed by atoms with Gasteiger partial charge < -0.3 is 4.90 Å². The third-order valence-electron chi connectivity index (χ3n) is 3.41. The lowest BCUT2D eigenvalue weighted by atomic mass is 10.1. The number of carbonyl (C=O) groups is 1. The molecule has 2 heterocycles. The van der Waals surface area contributed by atoms with Gasteiger partial charge in [0, 0.05) is 13.1 Å². The van der Waals surface area contributed by atoms with Crippen LogP contribution < -0.4 is 0 Å². The molecule has 5 nitrogen and oxygen atoms in total. The van der Waals surface area contributed by atoms with Gasteiger partial charge in [-0.15, -0.1) is 0 Å². The van der Waals surface area contributed by atoms with Gasteiger partial charge in [0.15, 0.2) is 0 Å². The summed E-state index contributed by atoms with van der Waals surface area (Å²) in [5.74, 6) is 0.0773. The highest BCUT2D eigenvalue weighted by Crippen LogP contribution is 2.19. The molecule has 0 radical (unpaired) electrons. The highest BCUT2D eigenvalue weighted by Gasteiger charge is 2.22. The van der Waals surface area contributed by atoms with E-state index >= 15 is 0 Å². The highest BCUT2D eigenvalue weighted by molar-refractivity contribution is 5.98. The first-order valence-corrected chi connectivity index (χ1v) is 6.52. The van der Waals surface area contributed by atoms with Crippen LogP contribution in [0.1, 0.15) is 28.8 Å². The second kappa shape index (κ2) is 4.84. The number of rotatable bonds is 2. The van der Waals surface area contributed by atoms with Gasteiger partial charge in [-0.3, -0.25) is 4.79 Å². The number of hydrogen-bond acceptors (Lipinski definition) is 3. The van der Waals surface area contributed by atoms with E-state index in [-0.39, 0.29) is 5.91 Å². The summed E-state index contributed by atoms with van der Waals surface area (Å²) < 4.78 is 0. The highest BCUT2D eigenvalue weighted by atomic mass is 16.2. The second-order valence-electron chi connectivity index (χ2n) is 4.84. The number of benzene rings is 1. The predicted molar refractivity (Wildman–Crippen MR) is 71.2 cm³/mol. The van der Waals surface area contributed by atoms with Gasteiger partial charge in [0.25, 0.3) is 5.91 Å². The average Bonchev–Trinajstić information content (AvgIpc) is 3.11. The van der Waals surface area contributed by atoms with Crippen LogP contribution in [0, 0.1) is 6.92 Å². The van der Waals surface area contributed by atoms with Crippen LogP contribution in [0.25, 0.3) is 5.69 Å². The molecule has 2 aromatic rings. The lowest BCUT2D eigenvalue weighted by molar-refractivity contribution is 0.0792. The number of likely N-dealkylation sites (tertiary alicyclic amines) is 1. The SMILES string of the molecule is Cc1ccc(-n2nccn2)c(C(=O)N2CCCC2)c1. The van der Waals surface area contributed by atoms with Crippen molar-refractivity contribution in [1.82, 2.24) is 19.9 Å². The van der Waals surface area contributed by atoms with Crippen molar-refractivity contribution in [3.05, 3.63) is 41.7 Å². The molecule has 0 bridgehead atoms. The van der Waals surface area contributed by atoms with Crippen LogP contribution in [0.4, 0.5) is 0 Å². The summed E-state index contributed by atoms with van der Waals surface area (Å²) in [7, 11) is 0. The summed E-state index contributed by atoms with van der Waals surface area (Å²) in [6.07, 6.45) is 5.41. The fraction of sp³-hybridized carbons (Fsp3) is 0.357. The van der Waals surface area contributed by atoms with E-state index in [4.69, 9.17) is 0 Å². The molecular formula is C14H16N4O. The maximum atomic E-state index is 12.6. The number of carbonyl (C=O) groups excluding carboxylic acids is 1. The molecule has 1 fully saturated rings. The molecule has 1 aliphatic rings. The number of aromatic nitrogens is 3. The monoisotopic (exact) mass is 256 g/mol. The van der Waals surface area contributed by atoms with Gasteiger partial charge in [0.05, 0.1) is 23.6 Å². The molecule has 0 aliphatic carbocycles. The Morgan fingerprint density at radius 1 is 1.16 bits per heavy atom. The molecule has 5 heteroatoms. The zero-order valence-electron chi connectivity index (χ0n) is 10.9. The van der Waals surface area contributed by atoms with Gasteiger partial charge in [-0.2, -0.15) is 15.0 Å². The fourth-order valence-corrected chi connectivity index (χ4v) is 2.43. The molecule has 0 saturated carbocycles. The minimum Gasteiger partial charge on any atom is -0.339 e. The second-order valence-corrected chi connectivity index (χ2v) is 4.84. The maximum absolute atomic E-state index is 12.6. The van der Waals surface area contributed by atoms with Crippen molar-refractivity contribution in [3.63, 3.8) is 0 Å². The first kappa shape index (κ1) is 11.9. The van der Waals surface area contributed by atoms with Crippen LogP contribution in [-0.4, -0.2) is 38.9 Å². The first-order valence-electron chi connectivity index (χ1n) is 6.52. The third-order valence-corrected chi connectivity index (χ3v) is 3.41. The van der Waals surface area contributed by atoms with E-state index in [0.717, 1.165) is 37.2 Å². The zero-order valence-corrected chi connectivity index (χ0v) is 10.9. The number of amides is 1. The summed E-state index contributed by atoms with van der Waals surface area (Å²) in [5.41, 5.74) is 2.49. The van der Waals surface area contributed by atoms with Gasteiger partial charge in [-0.05, 0) is 31.9 Å². The Kier molecular flexibility index (Phi) is 3.03. The van der Waals surface area contributed by atoms with Crippen molar-refractivity contribution in [1.29, 1.82) is 0 Å². The largest absolute Gasteiger partial charge is 0.339 e. The molecular weight excluding hydrogens is 240 g/mol. The molecule has 98 valence electrons. The molecule has 0 N–H and O–H groups in total. The van der Waals surface area contributed by atoms with Gasteiger partial charge in [0.2, 0.25) is 0 Å². The van der Waals surface area contributed by atoms with E-state index in [2.05, 4.69) is 10.2 Å². The van der Waals surface area contributed by atoms with Crippen molar-refractivity contribution in [2.24, 2.45) is 0 Å². The van der Waals surface area contributed by atoms with Crippen molar-refractivity contribution in [2.45, 2.75) is 19.8 Å². The Morgan fingerprint density at radius 3 is 2.53 bits per heavy atom. The number of hydrogen-bond donors (Lipinski definition) is 0. The average molecular weight is 256 g/mol. The number of nitrogens with zero attached hydrogens (tertiary/aromatic N) is 4. The summed E-state index contributed by atoms with van der Waals surface area (Å²) in [4.78, 5) is 16.0. The normalized spacial score (nSPS) is 14.9. The standard InChI is InChI=1S/C14H16N4O/c1-11-4-5-13(18-15-6-7-16-18)12(10-11)14(19)17-8-2-3-9-17/h4-7,10H,2-3,8-9H2,1H3. The van der Waals surface area contributed by atoms with Crippen LogP contribution in [0.5, 0.6) is 0 Å². The minimum absolute atomic E-state index is 0.0773.